The molecule has 0 spiro atoms. The minimum Gasteiger partial charge on any atom is -0.478 e. The molecule has 2 aromatic heterocycles. The number of aromatic nitrogens is 2. The van der Waals surface area contributed by atoms with E-state index in [4.69, 9.17) is 16.7 Å². The molecule has 1 aromatic carbocycles. The number of hydrogen-bond donors (Lipinski definition) is 1. The Hall–Kier alpha value is -1.63. The van der Waals surface area contributed by atoms with E-state index in [9.17, 15) is 4.79 Å². The van der Waals surface area contributed by atoms with Crippen LogP contribution in [0.4, 0.5) is 0 Å². The summed E-state index contributed by atoms with van der Waals surface area (Å²) in [6, 6.07) is 8.67. The summed E-state index contributed by atoms with van der Waals surface area (Å²) >= 11 is 9.12. The normalized spacial score (nSPS) is 10.9. The molecular weight excluding hydrogens is 328 g/mol. The molecule has 0 bridgehead atoms. The largest absolute Gasteiger partial charge is 0.478 e. The molecule has 4 nitrogen and oxygen atoms in total. The van der Waals surface area contributed by atoms with Crippen LogP contribution in [0.3, 0.4) is 0 Å². The summed E-state index contributed by atoms with van der Waals surface area (Å²) in [4.78, 5) is 20.4. The average Bonchev–Trinajstić information content (AvgIpc) is 2.94. The van der Waals surface area contributed by atoms with Crippen LogP contribution in [0.1, 0.15) is 15.9 Å². The highest BCUT2D eigenvalue weighted by Crippen LogP contribution is 2.29. The number of thiophene rings is 1. The molecule has 0 fully saturated rings. The molecular formula is C14H9ClN2O2S2. The van der Waals surface area contributed by atoms with Crippen molar-refractivity contribution >= 4 is 50.9 Å². The highest BCUT2D eigenvalue weighted by molar-refractivity contribution is 7.98. The monoisotopic (exact) mass is 336 g/mol. The second-order valence-electron chi connectivity index (χ2n) is 4.23. The van der Waals surface area contributed by atoms with Crippen molar-refractivity contribution in [3.63, 3.8) is 0 Å². The number of carboxylic acids is 1. The predicted octanol–water partition coefficient (Wildman–Crippen LogP) is 4.34. The first-order valence-electron chi connectivity index (χ1n) is 5.99. The fraction of sp³-hybridized carbons (Fsp3) is 0.0714. The molecule has 0 saturated carbocycles. The van der Waals surface area contributed by atoms with Crippen molar-refractivity contribution in [3.8, 4) is 0 Å². The number of fused-ring (bicyclic) bond motifs is 1. The Morgan fingerprint density at radius 3 is 2.71 bits per heavy atom. The number of benzene rings is 1. The van der Waals surface area contributed by atoms with Gasteiger partial charge in [-0.2, -0.15) is 0 Å². The number of halogens is 1. The molecule has 0 aliphatic heterocycles. The van der Waals surface area contributed by atoms with Crippen molar-refractivity contribution in [3.05, 3.63) is 52.0 Å². The zero-order valence-corrected chi connectivity index (χ0v) is 13.0. The summed E-state index contributed by atoms with van der Waals surface area (Å²) < 4.78 is 0. The van der Waals surface area contributed by atoms with Gasteiger partial charge in [-0.15, -0.1) is 11.3 Å². The Labute approximate surface area is 133 Å². The highest BCUT2D eigenvalue weighted by Gasteiger charge is 2.08. The summed E-state index contributed by atoms with van der Waals surface area (Å²) in [5.41, 5.74) is 1.29. The lowest BCUT2D eigenvalue weighted by Crippen LogP contribution is -1.95. The number of hydrogen-bond acceptors (Lipinski definition) is 5. The Balaban J connectivity index is 1.75. The van der Waals surface area contributed by atoms with E-state index in [1.807, 2.05) is 11.4 Å². The molecule has 106 valence electrons. The van der Waals surface area contributed by atoms with E-state index in [-0.39, 0.29) is 5.56 Å². The van der Waals surface area contributed by atoms with Crippen molar-refractivity contribution in [2.24, 2.45) is 0 Å². The molecule has 3 rings (SSSR count). The average molecular weight is 337 g/mol. The van der Waals surface area contributed by atoms with E-state index in [2.05, 4.69) is 9.97 Å². The van der Waals surface area contributed by atoms with Crippen LogP contribution in [0, 0.1) is 0 Å². The Morgan fingerprint density at radius 2 is 2.00 bits per heavy atom. The summed E-state index contributed by atoms with van der Waals surface area (Å²) in [6.07, 6.45) is 0. The van der Waals surface area contributed by atoms with Crippen LogP contribution in [0.25, 0.3) is 10.2 Å². The van der Waals surface area contributed by atoms with Gasteiger partial charge in [0.05, 0.1) is 5.56 Å². The van der Waals surface area contributed by atoms with Gasteiger partial charge in [0.15, 0.2) is 5.16 Å². The van der Waals surface area contributed by atoms with Gasteiger partial charge < -0.3 is 5.11 Å². The third kappa shape index (κ3) is 3.18. The van der Waals surface area contributed by atoms with Crippen LogP contribution in [0.2, 0.25) is 5.15 Å². The molecule has 21 heavy (non-hydrogen) atoms. The van der Waals surface area contributed by atoms with Gasteiger partial charge in [0.25, 0.3) is 0 Å². The van der Waals surface area contributed by atoms with Crippen LogP contribution in [-0.4, -0.2) is 21.0 Å². The van der Waals surface area contributed by atoms with E-state index < -0.39 is 5.97 Å². The zero-order chi connectivity index (χ0) is 14.8. The smallest absolute Gasteiger partial charge is 0.335 e. The molecule has 2 heterocycles. The first-order chi connectivity index (χ1) is 10.1. The number of nitrogens with zero attached hydrogens (tertiary/aromatic N) is 2. The zero-order valence-electron chi connectivity index (χ0n) is 10.6. The maximum absolute atomic E-state index is 10.8. The van der Waals surface area contributed by atoms with Gasteiger partial charge in [-0.3, -0.25) is 0 Å². The van der Waals surface area contributed by atoms with Gasteiger partial charge in [-0.25, -0.2) is 14.8 Å². The quantitative estimate of drug-likeness (QED) is 0.436. The first kappa shape index (κ1) is 14.3. The van der Waals surface area contributed by atoms with Gasteiger partial charge >= 0.3 is 5.97 Å². The minimum absolute atomic E-state index is 0.281. The van der Waals surface area contributed by atoms with E-state index in [0.29, 0.717) is 16.1 Å². The molecule has 7 heteroatoms. The number of carbonyl (C=O) groups is 1. The predicted molar refractivity (Wildman–Crippen MR) is 85.4 cm³/mol. The maximum Gasteiger partial charge on any atom is 0.335 e. The molecule has 0 aliphatic rings. The molecule has 0 amide bonds. The number of thioether (sulfide) groups is 1. The molecule has 0 atom stereocenters. The van der Waals surface area contributed by atoms with Crippen molar-refractivity contribution in [1.29, 1.82) is 0 Å². The summed E-state index contributed by atoms with van der Waals surface area (Å²) in [7, 11) is 0. The van der Waals surface area contributed by atoms with Crippen LogP contribution in [0.5, 0.6) is 0 Å². The number of rotatable bonds is 4. The van der Waals surface area contributed by atoms with E-state index in [1.54, 1.807) is 24.3 Å². The minimum atomic E-state index is -0.924. The van der Waals surface area contributed by atoms with Gasteiger partial charge in [0.1, 0.15) is 9.98 Å². The second-order valence-corrected chi connectivity index (χ2v) is 6.42. The number of aromatic carboxylic acids is 1. The van der Waals surface area contributed by atoms with Crippen molar-refractivity contribution in [1.82, 2.24) is 9.97 Å². The van der Waals surface area contributed by atoms with Crippen LogP contribution in [0.15, 0.2) is 40.9 Å². The van der Waals surface area contributed by atoms with Crippen LogP contribution >= 0.6 is 34.7 Å². The van der Waals surface area contributed by atoms with Crippen LogP contribution < -0.4 is 0 Å². The van der Waals surface area contributed by atoms with Crippen LogP contribution in [-0.2, 0) is 5.75 Å². The van der Waals surface area contributed by atoms with E-state index >= 15 is 0 Å². The first-order valence-corrected chi connectivity index (χ1v) is 8.23. The SMILES string of the molecule is O=C(O)c1ccc(CSc2nc(Cl)c3ccsc3n2)cc1. The third-order valence-corrected chi connectivity index (χ3v) is 4.84. The highest BCUT2D eigenvalue weighted by atomic mass is 35.5. The molecule has 1 N–H and O–H groups in total. The van der Waals surface area contributed by atoms with Gasteiger partial charge in [-0.1, -0.05) is 35.5 Å². The molecule has 0 unspecified atom stereocenters. The molecule has 3 aromatic rings. The van der Waals surface area contributed by atoms with Gasteiger partial charge in [0, 0.05) is 11.1 Å². The standard InChI is InChI=1S/C14H9ClN2O2S2/c15-11-10-5-6-20-12(10)17-14(16-11)21-7-8-1-3-9(4-2-8)13(18)19/h1-6H,7H2,(H,18,19). The molecule has 0 radical (unpaired) electrons. The van der Waals surface area contributed by atoms with E-state index in [1.165, 1.54) is 23.1 Å². The lowest BCUT2D eigenvalue weighted by Gasteiger charge is -2.03. The molecule has 0 saturated heterocycles. The lowest BCUT2D eigenvalue weighted by molar-refractivity contribution is 0.0697. The van der Waals surface area contributed by atoms with Gasteiger partial charge in [0.2, 0.25) is 0 Å². The lowest BCUT2D eigenvalue weighted by atomic mass is 10.1. The Bertz CT molecular complexity index is 802. The second kappa shape index (κ2) is 6.01. The van der Waals surface area contributed by atoms with Crippen molar-refractivity contribution in [2.45, 2.75) is 10.9 Å². The fourth-order valence-corrected chi connectivity index (χ4v) is 3.72. The fourth-order valence-electron chi connectivity index (χ4n) is 1.76. The van der Waals surface area contributed by atoms with Crippen molar-refractivity contribution < 1.29 is 9.90 Å². The topological polar surface area (TPSA) is 63.1 Å². The number of carboxylic acid groups (broad SMARTS) is 1. The van der Waals surface area contributed by atoms with E-state index in [0.717, 1.165) is 15.8 Å². The maximum atomic E-state index is 10.8. The summed E-state index contributed by atoms with van der Waals surface area (Å²) in [6.45, 7) is 0. The Kier molecular flexibility index (Phi) is 4.10. The van der Waals surface area contributed by atoms with Gasteiger partial charge in [-0.05, 0) is 29.1 Å². The summed E-state index contributed by atoms with van der Waals surface area (Å²) in [5.74, 6) is -0.264. The Morgan fingerprint density at radius 1 is 1.24 bits per heavy atom. The van der Waals surface area contributed by atoms with Crippen molar-refractivity contribution in [2.75, 3.05) is 0 Å². The molecule has 0 aliphatic carbocycles. The third-order valence-electron chi connectivity index (χ3n) is 2.83. The summed E-state index contributed by atoms with van der Waals surface area (Å²) in [5, 5.41) is 12.7.